The van der Waals surface area contributed by atoms with Gasteiger partial charge in [-0.1, -0.05) is 0 Å². The maximum absolute atomic E-state index is 5.45. The number of hydrogen-bond donors (Lipinski definition) is 1. The minimum absolute atomic E-state index is 0.743. The summed E-state index contributed by atoms with van der Waals surface area (Å²) in [6.45, 7) is 1.83. The molecule has 0 atom stereocenters. The number of furan rings is 1. The highest BCUT2D eigenvalue weighted by Crippen LogP contribution is 2.20. The highest BCUT2D eigenvalue weighted by Gasteiger charge is 2.21. The van der Waals surface area contributed by atoms with E-state index in [0.29, 0.717) is 0 Å². The zero-order valence-corrected chi connectivity index (χ0v) is 8.92. The van der Waals surface area contributed by atoms with E-state index in [0.717, 1.165) is 24.9 Å². The summed E-state index contributed by atoms with van der Waals surface area (Å²) >= 11 is 0. The Kier molecular flexibility index (Phi) is 2.89. The molecule has 2 rings (SSSR count). The van der Waals surface area contributed by atoms with Crippen molar-refractivity contribution in [1.29, 1.82) is 0 Å². The van der Waals surface area contributed by atoms with E-state index in [1.165, 1.54) is 18.4 Å². The Morgan fingerprint density at radius 1 is 1.50 bits per heavy atom. The van der Waals surface area contributed by atoms with Crippen LogP contribution in [0.15, 0.2) is 16.7 Å². The van der Waals surface area contributed by atoms with Crippen LogP contribution < -0.4 is 5.32 Å². The van der Waals surface area contributed by atoms with Crippen molar-refractivity contribution in [3.8, 4) is 0 Å². The largest absolute Gasteiger partial charge is 0.468 e. The molecule has 0 bridgehead atoms. The topological polar surface area (TPSA) is 28.4 Å². The van der Waals surface area contributed by atoms with Crippen LogP contribution in [0.25, 0.3) is 0 Å². The molecule has 1 N–H and O–H groups in total. The van der Waals surface area contributed by atoms with Gasteiger partial charge < -0.3 is 14.6 Å². The van der Waals surface area contributed by atoms with Crippen LogP contribution in [0.5, 0.6) is 0 Å². The van der Waals surface area contributed by atoms with Gasteiger partial charge in [-0.25, -0.2) is 0 Å². The molecule has 1 aromatic heterocycles. The van der Waals surface area contributed by atoms with Crippen LogP contribution in [0.2, 0.25) is 0 Å². The molecule has 1 aliphatic carbocycles. The van der Waals surface area contributed by atoms with Gasteiger partial charge in [-0.05, 0) is 33.0 Å². The third-order valence-corrected chi connectivity index (χ3v) is 2.45. The average Bonchev–Trinajstić information content (AvgIpc) is 2.85. The second-order valence-electron chi connectivity index (χ2n) is 4.26. The summed E-state index contributed by atoms with van der Waals surface area (Å²) in [5.41, 5.74) is 1.29. The van der Waals surface area contributed by atoms with E-state index in [9.17, 15) is 0 Å². The predicted octanol–water partition coefficient (Wildman–Crippen LogP) is 1.59. The Morgan fingerprint density at radius 2 is 2.29 bits per heavy atom. The summed E-state index contributed by atoms with van der Waals surface area (Å²) < 4.78 is 5.45. The fraction of sp³-hybridized carbons (Fsp3) is 0.636. The Bertz CT molecular complexity index is 289. The number of nitrogens with one attached hydrogen (secondary N) is 1. The summed E-state index contributed by atoms with van der Waals surface area (Å²) in [7, 11) is 4.15. The third-order valence-electron chi connectivity index (χ3n) is 2.45. The number of hydrogen-bond acceptors (Lipinski definition) is 3. The van der Waals surface area contributed by atoms with Crippen LogP contribution in [0, 0.1) is 0 Å². The Hall–Kier alpha value is -0.800. The zero-order valence-electron chi connectivity index (χ0n) is 8.92. The van der Waals surface area contributed by atoms with E-state index in [2.05, 4.69) is 30.4 Å². The zero-order chi connectivity index (χ0) is 9.97. The van der Waals surface area contributed by atoms with E-state index >= 15 is 0 Å². The van der Waals surface area contributed by atoms with Gasteiger partial charge in [-0.3, -0.25) is 0 Å². The molecular formula is C11H18N2O. The molecule has 78 valence electrons. The molecule has 1 saturated carbocycles. The molecule has 1 heterocycles. The standard InChI is InChI=1S/C11H18N2O/c1-13(2)8-9-5-6-14-11(9)7-12-10-3-4-10/h5-6,10,12H,3-4,7-8H2,1-2H3. The maximum Gasteiger partial charge on any atom is 0.122 e. The minimum atomic E-state index is 0.743. The normalized spacial score (nSPS) is 16.5. The first kappa shape index (κ1) is 9.74. The van der Waals surface area contributed by atoms with Gasteiger partial charge >= 0.3 is 0 Å². The van der Waals surface area contributed by atoms with Crippen molar-refractivity contribution in [3.63, 3.8) is 0 Å². The summed E-state index contributed by atoms with van der Waals surface area (Å²) in [5.74, 6) is 1.09. The van der Waals surface area contributed by atoms with Crippen molar-refractivity contribution < 1.29 is 4.42 Å². The van der Waals surface area contributed by atoms with Gasteiger partial charge in [0.1, 0.15) is 5.76 Å². The second-order valence-corrected chi connectivity index (χ2v) is 4.26. The molecule has 3 heteroatoms. The van der Waals surface area contributed by atoms with Crippen molar-refractivity contribution in [3.05, 3.63) is 23.7 Å². The van der Waals surface area contributed by atoms with Gasteiger partial charge in [0, 0.05) is 18.2 Å². The Morgan fingerprint density at radius 3 is 2.93 bits per heavy atom. The van der Waals surface area contributed by atoms with Gasteiger partial charge in [0.2, 0.25) is 0 Å². The lowest BCUT2D eigenvalue weighted by Crippen LogP contribution is -2.17. The van der Waals surface area contributed by atoms with Crippen LogP contribution in [-0.4, -0.2) is 25.0 Å². The van der Waals surface area contributed by atoms with Gasteiger partial charge in [0.15, 0.2) is 0 Å². The quantitative estimate of drug-likeness (QED) is 0.771. The molecule has 3 nitrogen and oxygen atoms in total. The first-order valence-electron chi connectivity index (χ1n) is 5.19. The summed E-state index contributed by atoms with van der Waals surface area (Å²) in [4.78, 5) is 2.16. The molecule has 14 heavy (non-hydrogen) atoms. The van der Waals surface area contributed by atoms with Crippen LogP contribution >= 0.6 is 0 Å². The summed E-state index contributed by atoms with van der Waals surface area (Å²) in [5, 5.41) is 3.46. The number of nitrogens with zero attached hydrogens (tertiary/aromatic N) is 1. The van der Waals surface area contributed by atoms with Crippen molar-refractivity contribution >= 4 is 0 Å². The van der Waals surface area contributed by atoms with E-state index in [1.54, 1.807) is 6.26 Å². The fourth-order valence-corrected chi connectivity index (χ4v) is 1.53. The Balaban J connectivity index is 1.90. The molecule has 0 amide bonds. The first-order chi connectivity index (χ1) is 6.75. The summed E-state index contributed by atoms with van der Waals surface area (Å²) in [6, 6.07) is 2.80. The molecular weight excluding hydrogens is 176 g/mol. The summed E-state index contributed by atoms with van der Waals surface area (Å²) in [6.07, 6.45) is 4.43. The molecule has 0 spiro atoms. The van der Waals surface area contributed by atoms with E-state index in [-0.39, 0.29) is 0 Å². The molecule has 0 unspecified atom stereocenters. The third kappa shape index (κ3) is 2.59. The average molecular weight is 194 g/mol. The first-order valence-corrected chi connectivity index (χ1v) is 5.19. The fourth-order valence-electron chi connectivity index (χ4n) is 1.53. The van der Waals surface area contributed by atoms with Gasteiger partial charge in [0.05, 0.1) is 12.8 Å². The lowest BCUT2D eigenvalue weighted by atomic mass is 10.2. The Labute approximate surface area is 85.1 Å². The number of rotatable bonds is 5. The van der Waals surface area contributed by atoms with Crippen LogP contribution in [0.4, 0.5) is 0 Å². The van der Waals surface area contributed by atoms with Gasteiger partial charge in [-0.15, -0.1) is 0 Å². The molecule has 1 aliphatic rings. The molecule has 1 fully saturated rings. The van der Waals surface area contributed by atoms with E-state index < -0.39 is 0 Å². The molecule has 0 aliphatic heterocycles. The highest BCUT2D eigenvalue weighted by atomic mass is 16.3. The van der Waals surface area contributed by atoms with Crippen LogP contribution in [0.3, 0.4) is 0 Å². The van der Waals surface area contributed by atoms with Crippen LogP contribution in [-0.2, 0) is 13.1 Å². The predicted molar refractivity (Wildman–Crippen MR) is 56.0 cm³/mol. The van der Waals surface area contributed by atoms with Crippen molar-refractivity contribution in [2.45, 2.75) is 32.0 Å². The lowest BCUT2D eigenvalue weighted by Gasteiger charge is -2.09. The maximum atomic E-state index is 5.45. The molecule has 0 aromatic carbocycles. The molecule has 1 aromatic rings. The highest BCUT2D eigenvalue weighted by molar-refractivity contribution is 5.16. The minimum Gasteiger partial charge on any atom is -0.468 e. The van der Waals surface area contributed by atoms with E-state index in [1.807, 2.05) is 0 Å². The molecule has 0 saturated heterocycles. The SMILES string of the molecule is CN(C)Cc1ccoc1CNC1CC1. The second kappa shape index (κ2) is 4.15. The van der Waals surface area contributed by atoms with Crippen molar-refractivity contribution in [1.82, 2.24) is 10.2 Å². The van der Waals surface area contributed by atoms with E-state index in [4.69, 9.17) is 4.42 Å². The van der Waals surface area contributed by atoms with Gasteiger partial charge in [0.25, 0.3) is 0 Å². The van der Waals surface area contributed by atoms with Crippen molar-refractivity contribution in [2.24, 2.45) is 0 Å². The molecule has 0 radical (unpaired) electrons. The van der Waals surface area contributed by atoms with Gasteiger partial charge in [-0.2, -0.15) is 0 Å². The lowest BCUT2D eigenvalue weighted by molar-refractivity contribution is 0.391. The van der Waals surface area contributed by atoms with Crippen LogP contribution in [0.1, 0.15) is 24.2 Å². The van der Waals surface area contributed by atoms with Crippen molar-refractivity contribution in [2.75, 3.05) is 14.1 Å². The smallest absolute Gasteiger partial charge is 0.122 e. The monoisotopic (exact) mass is 194 g/mol.